The first-order chi connectivity index (χ1) is 12.0. The number of anilines is 1. The highest BCUT2D eigenvalue weighted by Crippen LogP contribution is 2.32. The summed E-state index contributed by atoms with van der Waals surface area (Å²) < 4.78 is 24.1. The average Bonchev–Trinajstić information content (AvgIpc) is 2.61. The molecule has 2 aromatic rings. The number of amides is 1. The number of hydrogen-bond donors (Lipinski definition) is 0. The van der Waals surface area contributed by atoms with Gasteiger partial charge in [-0.15, -0.1) is 0 Å². The second-order valence-electron chi connectivity index (χ2n) is 5.36. The Kier molecular flexibility index (Phi) is 4.78. The standard InChI is InChI=1S/C17H15FN2O5/c18-12-1-6-15-16(11-12)25-10-8-19(15)17(21)7-9-24-14-4-2-13(3-5-14)20(22)23/h1-6,11H,7-10H2. The number of carbonyl (C=O) groups is 1. The van der Waals surface area contributed by atoms with Crippen LogP contribution in [0.3, 0.4) is 0 Å². The summed E-state index contributed by atoms with van der Waals surface area (Å²) in [6.45, 7) is 0.810. The van der Waals surface area contributed by atoms with Crippen LogP contribution >= 0.6 is 0 Å². The number of nitro groups is 1. The van der Waals surface area contributed by atoms with Crippen molar-refractivity contribution >= 4 is 17.3 Å². The van der Waals surface area contributed by atoms with E-state index >= 15 is 0 Å². The molecular weight excluding hydrogens is 331 g/mol. The molecule has 0 N–H and O–H groups in total. The van der Waals surface area contributed by atoms with E-state index in [4.69, 9.17) is 9.47 Å². The number of nitro benzene ring substituents is 1. The van der Waals surface area contributed by atoms with Gasteiger partial charge in [-0.2, -0.15) is 0 Å². The van der Waals surface area contributed by atoms with Gasteiger partial charge in [0.05, 0.1) is 30.2 Å². The Balaban J connectivity index is 1.57. The third-order valence-corrected chi connectivity index (χ3v) is 3.72. The molecule has 25 heavy (non-hydrogen) atoms. The number of non-ortho nitro benzene ring substituents is 1. The molecule has 0 unspecified atom stereocenters. The van der Waals surface area contributed by atoms with E-state index in [-0.39, 0.29) is 24.6 Å². The molecule has 1 aliphatic heterocycles. The molecule has 2 aromatic carbocycles. The summed E-state index contributed by atoms with van der Waals surface area (Å²) in [5.41, 5.74) is 0.508. The molecule has 0 saturated heterocycles. The minimum Gasteiger partial charge on any atom is -0.493 e. The van der Waals surface area contributed by atoms with Crippen LogP contribution in [0, 0.1) is 15.9 Å². The van der Waals surface area contributed by atoms with Crippen LogP contribution in [0.5, 0.6) is 11.5 Å². The normalized spacial score (nSPS) is 12.9. The van der Waals surface area contributed by atoms with E-state index in [2.05, 4.69) is 0 Å². The average molecular weight is 346 g/mol. The summed E-state index contributed by atoms with van der Waals surface area (Å²) in [7, 11) is 0. The zero-order valence-electron chi connectivity index (χ0n) is 13.2. The van der Waals surface area contributed by atoms with Gasteiger partial charge in [-0.3, -0.25) is 14.9 Å². The van der Waals surface area contributed by atoms with Gasteiger partial charge < -0.3 is 14.4 Å². The smallest absolute Gasteiger partial charge is 0.269 e. The van der Waals surface area contributed by atoms with E-state index in [9.17, 15) is 19.3 Å². The zero-order chi connectivity index (χ0) is 17.8. The highest BCUT2D eigenvalue weighted by molar-refractivity contribution is 5.95. The number of benzene rings is 2. The first-order valence-corrected chi connectivity index (χ1v) is 7.64. The number of rotatable bonds is 5. The quantitative estimate of drug-likeness (QED) is 0.614. The van der Waals surface area contributed by atoms with Gasteiger partial charge in [-0.05, 0) is 24.3 Å². The number of carbonyl (C=O) groups excluding carboxylic acids is 1. The Morgan fingerprint density at radius 1 is 1.28 bits per heavy atom. The maximum Gasteiger partial charge on any atom is 0.269 e. The van der Waals surface area contributed by atoms with E-state index < -0.39 is 10.7 Å². The Labute approximate surface area is 142 Å². The summed E-state index contributed by atoms with van der Waals surface area (Å²) in [5, 5.41) is 10.6. The third-order valence-electron chi connectivity index (χ3n) is 3.72. The van der Waals surface area contributed by atoms with E-state index in [1.54, 1.807) is 0 Å². The van der Waals surface area contributed by atoms with Crippen molar-refractivity contribution in [2.75, 3.05) is 24.7 Å². The van der Waals surface area contributed by atoms with Crippen LogP contribution in [0.2, 0.25) is 0 Å². The largest absolute Gasteiger partial charge is 0.493 e. The monoisotopic (exact) mass is 346 g/mol. The van der Waals surface area contributed by atoms with Gasteiger partial charge in [0.1, 0.15) is 23.9 Å². The molecule has 1 heterocycles. The van der Waals surface area contributed by atoms with Crippen molar-refractivity contribution in [2.24, 2.45) is 0 Å². The predicted octanol–water partition coefficient (Wildman–Crippen LogP) is 2.93. The van der Waals surface area contributed by atoms with Crippen molar-refractivity contribution < 1.29 is 23.6 Å². The van der Waals surface area contributed by atoms with Crippen molar-refractivity contribution in [3.63, 3.8) is 0 Å². The molecule has 0 bridgehead atoms. The summed E-state index contributed by atoms with van der Waals surface area (Å²) >= 11 is 0. The van der Waals surface area contributed by atoms with Gasteiger partial charge in [0.15, 0.2) is 0 Å². The molecule has 0 saturated carbocycles. The Bertz CT molecular complexity index is 794. The Morgan fingerprint density at radius 2 is 2.04 bits per heavy atom. The van der Waals surface area contributed by atoms with E-state index in [0.29, 0.717) is 30.3 Å². The molecule has 7 nitrogen and oxygen atoms in total. The number of fused-ring (bicyclic) bond motifs is 1. The molecular formula is C17H15FN2O5. The lowest BCUT2D eigenvalue weighted by molar-refractivity contribution is -0.384. The number of nitrogens with zero attached hydrogens (tertiary/aromatic N) is 2. The number of ether oxygens (including phenoxy) is 2. The van der Waals surface area contributed by atoms with Gasteiger partial charge in [0.2, 0.25) is 5.91 Å². The van der Waals surface area contributed by atoms with Gasteiger partial charge >= 0.3 is 0 Å². The predicted molar refractivity (Wildman–Crippen MR) is 87.5 cm³/mol. The van der Waals surface area contributed by atoms with Crippen molar-refractivity contribution in [1.29, 1.82) is 0 Å². The number of halogens is 1. The van der Waals surface area contributed by atoms with Crippen molar-refractivity contribution in [1.82, 2.24) is 0 Å². The summed E-state index contributed by atoms with van der Waals surface area (Å²) in [4.78, 5) is 24.0. The summed E-state index contributed by atoms with van der Waals surface area (Å²) in [6.07, 6.45) is 0.119. The Morgan fingerprint density at radius 3 is 2.76 bits per heavy atom. The summed E-state index contributed by atoms with van der Waals surface area (Å²) in [5.74, 6) is 0.200. The molecule has 0 aromatic heterocycles. The zero-order valence-corrected chi connectivity index (χ0v) is 13.2. The number of hydrogen-bond acceptors (Lipinski definition) is 5. The lowest BCUT2D eigenvalue weighted by atomic mass is 10.2. The second-order valence-corrected chi connectivity index (χ2v) is 5.36. The van der Waals surface area contributed by atoms with Crippen LogP contribution in [0.1, 0.15) is 6.42 Å². The van der Waals surface area contributed by atoms with Crippen LogP contribution in [0.15, 0.2) is 42.5 Å². The Hall–Kier alpha value is -3.16. The van der Waals surface area contributed by atoms with Crippen molar-refractivity contribution in [3.8, 4) is 11.5 Å². The van der Waals surface area contributed by atoms with Crippen LogP contribution in [-0.2, 0) is 4.79 Å². The van der Waals surface area contributed by atoms with Gasteiger partial charge in [0.25, 0.3) is 5.69 Å². The van der Waals surface area contributed by atoms with Crippen molar-refractivity contribution in [3.05, 3.63) is 58.4 Å². The molecule has 8 heteroatoms. The fourth-order valence-corrected chi connectivity index (χ4v) is 2.51. The van der Waals surface area contributed by atoms with E-state index in [1.165, 1.54) is 47.4 Å². The van der Waals surface area contributed by atoms with Crippen LogP contribution < -0.4 is 14.4 Å². The van der Waals surface area contributed by atoms with Crippen LogP contribution in [0.25, 0.3) is 0 Å². The molecule has 130 valence electrons. The van der Waals surface area contributed by atoms with Gasteiger partial charge in [-0.1, -0.05) is 0 Å². The molecule has 0 aliphatic carbocycles. The maximum absolute atomic E-state index is 13.2. The lowest BCUT2D eigenvalue weighted by Crippen LogP contribution is -2.38. The SMILES string of the molecule is O=C(CCOc1ccc([N+](=O)[O-])cc1)N1CCOc2cc(F)ccc21. The molecule has 1 aliphatic rings. The van der Waals surface area contributed by atoms with E-state index in [0.717, 1.165) is 0 Å². The third kappa shape index (κ3) is 3.85. The topological polar surface area (TPSA) is 81.9 Å². The molecule has 3 rings (SSSR count). The first kappa shape index (κ1) is 16.7. The molecule has 0 fully saturated rings. The minimum atomic E-state index is -0.494. The van der Waals surface area contributed by atoms with Crippen LogP contribution in [-0.4, -0.2) is 30.6 Å². The first-order valence-electron chi connectivity index (χ1n) is 7.64. The van der Waals surface area contributed by atoms with Crippen molar-refractivity contribution in [2.45, 2.75) is 6.42 Å². The molecule has 1 amide bonds. The summed E-state index contributed by atoms with van der Waals surface area (Å²) in [6, 6.07) is 9.68. The van der Waals surface area contributed by atoms with Gasteiger partial charge in [0, 0.05) is 18.2 Å². The lowest BCUT2D eigenvalue weighted by Gasteiger charge is -2.29. The minimum absolute atomic E-state index is 0.0272. The fourth-order valence-electron chi connectivity index (χ4n) is 2.51. The second kappa shape index (κ2) is 7.16. The molecule has 0 atom stereocenters. The van der Waals surface area contributed by atoms with Gasteiger partial charge in [-0.25, -0.2) is 4.39 Å². The molecule has 0 spiro atoms. The molecule has 0 radical (unpaired) electrons. The highest BCUT2D eigenvalue weighted by Gasteiger charge is 2.23. The maximum atomic E-state index is 13.2. The van der Waals surface area contributed by atoms with Crippen LogP contribution in [0.4, 0.5) is 15.8 Å². The highest BCUT2D eigenvalue weighted by atomic mass is 19.1. The fraction of sp³-hybridized carbons (Fsp3) is 0.235. The van der Waals surface area contributed by atoms with E-state index in [1.807, 2.05) is 0 Å².